The highest BCUT2D eigenvalue weighted by Gasteiger charge is 2.42. The summed E-state index contributed by atoms with van der Waals surface area (Å²) in [4.78, 5) is 39.9. The minimum Gasteiger partial charge on any atom is -0.462 e. The Bertz CT molecular complexity index is 703. The predicted octanol–water partition coefficient (Wildman–Crippen LogP) is 3.97. The van der Waals surface area contributed by atoms with Crippen LogP contribution in [0.5, 0.6) is 0 Å². The lowest BCUT2D eigenvalue weighted by Crippen LogP contribution is -2.46. The lowest BCUT2D eigenvalue weighted by Gasteiger charge is -2.31. The molecule has 0 bridgehead atoms. The van der Waals surface area contributed by atoms with Gasteiger partial charge in [-0.2, -0.15) is 0 Å². The van der Waals surface area contributed by atoms with Crippen molar-refractivity contribution in [3.63, 3.8) is 0 Å². The highest BCUT2D eigenvalue weighted by Crippen LogP contribution is 2.23. The van der Waals surface area contributed by atoms with Crippen molar-refractivity contribution in [1.29, 1.82) is 0 Å². The molecule has 0 aliphatic carbocycles. The second-order valence-corrected chi connectivity index (χ2v) is 7.09. The van der Waals surface area contributed by atoms with Gasteiger partial charge < -0.3 is 14.2 Å². The van der Waals surface area contributed by atoms with Gasteiger partial charge in [-0.3, -0.25) is 14.6 Å². The molecule has 7 heteroatoms. The van der Waals surface area contributed by atoms with Crippen LogP contribution < -0.4 is 0 Å². The Morgan fingerprint density at radius 2 is 1.68 bits per heavy atom. The summed E-state index contributed by atoms with van der Waals surface area (Å²) in [6, 6.07) is 6.40. The van der Waals surface area contributed by atoms with E-state index in [-0.39, 0.29) is 5.97 Å². The van der Waals surface area contributed by atoms with Crippen LogP contribution in [0.25, 0.3) is 0 Å². The average Bonchev–Trinajstić information content (AvgIpc) is 2.63. The van der Waals surface area contributed by atoms with Gasteiger partial charge in [0.05, 0.1) is 17.9 Å². The second kappa shape index (κ2) is 10.0. The third kappa shape index (κ3) is 6.48. The lowest BCUT2D eigenvalue weighted by atomic mass is 10.1. The number of carbonyl (C=O) groups excluding carboxylic acids is 3. The number of esters is 3. The Labute approximate surface area is 165 Å². The number of benzene rings is 1. The minimum atomic E-state index is -1.27. The standard InChI is InChI=1S/C21H27NO6/c1-4-5-6-7-8-13-26-18(23)15-9-11-16(12-10-15)22-14-17-19(24)27-21(2,3)28-20(17)25/h9-12,14,17H,4-8,13H2,1-3H3. The van der Waals surface area contributed by atoms with Crippen molar-refractivity contribution < 1.29 is 28.6 Å². The van der Waals surface area contributed by atoms with Crippen molar-refractivity contribution in [2.24, 2.45) is 10.9 Å². The molecule has 28 heavy (non-hydrogen) atoms. The third-order valence-electron chi connectivity index (χ3n) is 4.16. The van der Waals surface area contributed by atoms with Crippen LogP contribution in [-0.2, 0) is 23.8 Å². The summed E-state index contributed by atoms with van der Waals surface area (Å²) in [7, 11) is 0. The van der Waals surface area contributed by atoms with Crippen LogP contribution in [0.1, 0.15) is 63.2 Å². The summed E-state index contributed by atoms with van der Waals surface area (Å²) in [6.45, 7) is 5.53. The van der Waals surface area contributed by atoms with Gasteiger partial charge in [-0.25, -0.2) is 4.79 Å². The SMILES string of the molecule is CCCCCCCOC(=O)c1ccc(N=CC2C(=O)OC(C)(C)OC2=O)cc1. The van der Waals surface area contributed by atoms with E-state index in [0.29, 0.717) is 17.9 Å². The Morgan fingerprint density at radius 3 is 2.29 bits per heavy atom. The largest absolute Gasteiger partial charge is 0.462 e. The molecule has 0 unspecified atom stereocenters. The van der Waals surface area contributed by atoms with Crippen LogP contribution in [-0.4, -0.2) is 36.5 Å². The molecule has 0 atom stereocenters. The molecule has 1 aromatic carbocycles. The average molecular weight is 389 g/mol. The molecule has 1 heterocycles. The van der Waals surface area contributed by atoms with Gasteiger partial charge in [0.15, 0.2) is 5.92 Å². The van der Waals surface area contributed by atoms with Gasteiger partial charge in [-0.05, 0) is 30.7 Å². The molecule has 0 N–H and O–H groups in total. The number of carbonyl (C=O) groups is 3. The summed E-state index contributed by atoms with van der Waals surface area (Å²) in [6.07, 6.45) is 6.63. The first-order valence-electron chi connectivity index (χ1n) is 9.59. The van der Waals surface area contributed by atoms with Crippen molar-refractivity contribution in [2.75, 3.05) is 6.61 Å². The molecule has 0 radical (unpaired) electrons. The summed E-state index contributed by atoms with van der Waals surface area (Å²) >= 11 is 0. The molecule has 7 nitrogen and oxygen atoms in total. The van der Waals surface area contributed by atoms with Crippen LogP contribution in [0.15, 0.2) is 29.3 Å². The van der Waals surface area contributed by atoms with Gasteiger partial charge in [-0.15, -0.1) is 0 Å². The van der Waals surface area contributed by atoms with E-state index >= 15 is 0 Å². The smallest absolute Gasteiger partial charge is 0.338 e. The van der Waals surface area contributed by atoms with E-state index in [1.807, 2.05) is 0 Å². The number of nitrogens with zero attached hydrogens (tertiary/aromatic N) is 1. The van der Waals surface area contributed by atoms with Crippen molar-refractivity contribution in [1.82, 2.24) is 0 Å². The molecule has 0 aromatic heterocycles. The highest BCUT2D eigenvalue weighted by molar-refractivity contribution is 6.10. The zero-order valence-electron chi connectivity index (χ0n) is 16.6. The zero-order valence-corrected chi connectivity index (χ0v) is 16.6. The van der Waals surface area contributed by atoms with Gasteiger partial charge in [0, 0.05) is 20.1 Å². The molecule has 1 aliphatic rings. The number of aliphatic imine (C=N–C) groups is 1. The lowest BCUT2D eigenvalue weighted by molar-refractivity contribution is -0.235. The monoisotopic (exact) mass is 389 g/mol. The fraction of sp³-hybridized carbons (Fsp3) is 0.524. The molecule has 0 spiro atoms. The predicted molar refractivity (Wildman–Crippen MR) is 103 cm³/mol. The Balaban J connectivity index is 1.85. The summed E-state index contributed by atoms with van der Waals surface area (Å²) in [5, 5.41) is 0. The topological polar surface area (TPSA) is 91.3 Å². The third-order valence-corrected chi connectivity index (χ3v) is 4.16. The number of cyclic esters (lactones) is 2. The van der Waals surface area contributed by atoms with Crippen molar-refractivity contribution in [3.8, 4) is 0 Å². The maximum absolute atomic E-state index is 12.0. The van der Waals surface area contributed by atoms with E-state index in [1.54, 1.807) is 24.3 Å². The Kier molecular flexibility index (Phi) is 7.72. The molecule has 0 saturated carbocycles. The quantitative estimate of drug-likeness (QED) is 0.275. The summed E-state index contributed by atoms with van der Waals surface area (Å²) < 4.78 is 15.3. The highest BCUT2D eigenvalue weighted by atomic mass is 16.7. The molecular formula is C21H27NO6. The molecule has 0 amide bonds. The first kappa shape index (κ1) is 21.6. The first-order chi connectivity index (χ1) is 13.3. The summed E-state index contributed by atoms with van der Waals surface area (Å²) in [5.74, 6) is -4.26. The van der Waals surface area contributed by atoms with E-state index in [2.05, 4.69) is 11.9 Å². The second-order valence-electron chi connectivity index (χ2n) is 7.09. The van der Waals surface area contributed by atoms with Crippen molar-refractivity contribution >= 4 is 29.8 Å². The van der Waals surface area contributed by atoms with Crippen LogP contribution in [0.3, 0.4) is 0 Å². The first-order valence-corrected chi connectivity index (χ1v) is 9.59. The van der Waals surface area contributed by atoms with E-state index in [9.17, 15) is 14.4 Å². The number of hydrogen-bond acceptors (Lipinski definition) is 7. The minimum absolute atomic E-state index is 0.382. The van der Waals surface area contributed by atoms with Crippen LogP contribution >= 0.6 is 0 Å². The fourth-order valence-electron chi connectivity index (χ4n) is 2.65. The molecule has 2 rings (SSSR count). The van der Waals surface area contributed by atoms with E-state index < -0.39 is 23.6 Å². The van der Waals surface area contributed by atoms with Gasteiger partial charge in [0.2, 0.25) is 0 Å². The maximum Gasteiger partial charge on any atom is 0.338 e. The van der Waals surface area contributed by atoms with Gasteiger partial charge in [0.25, 0.3) is 5.79 Å². The fourth-order valence-corrected chi connectivity index (χ4v) is 2.65. The van der Waals surface area contributed by atoms with E-state index in [0.717, 1.165) is 19.3 Å². The normalized spacial score (nSPS) is 16.7. The number of unbranched alkanes of at least 4 members (excludes halogenated alkanes) is 4. The van der Waals surface area contributed by atoms with Gasteiger partial charge in [-0.1, -0.05) is 32.6 Å². The van der Waals surface area contributed by atoms with Crippen LogP contribution in [0.4, 0.5) is 5.69 Å². The van der Waals surface area contributed by atoms with Gasteiger partial charge in [0.1, 0.15) is 0 Å². The Hall–Kier alpha value is -2.70. The molecule has 152 valence electrons. The maximum atomic E-state index is 12.0. The summed E-state index contributed by atoms with van der Waals surface area (Å²) in [5.41, 5.74) is 0.910. The molecular weight excluding hydrogens is 362 g/mol. The number of rotatable bonds is 9. The molecule has 1 saturated heterocycles. The van der Waals surface area contributed by atoms with Crippen molar-refractivity contribution in [2.45, 2.75) is 58.7 Å². The number of hydrogen-bond donors (Lipinski definition) is 0. The van der Waals surface area contributed by atoms with Gasteiger partial charge >= 0.3 is 17.9 Å². The van der Waals surface area contributed by atoms with Crippen molar-refractivity contribution in [3.05, 3.63) is 29.8 Å². The van der Waals surface area contributed by atoms with Crippen LogP contribution in [0, 0.1) is 5.92 Å². The van der Waals surface area contributed by atoms with E-state index in [1.165, 1.54) is 32.9 Å². The number of ether oxygens (including phenoxy) is 3. The Morgan fingerprint density at radius 1 is 1.07 bits per heavy atom. The zero-order chi connectivity index (χ0) is 20.6. The molecule has 1 fully saturated rings. The van der Waals surface area contributed by atoms with E-state index in [4.69, 9.17) is 14.2 Å². The van der Waals surface area contributed by atoms with Crippen LogP contribution in [0.2, 0.25) is 0 Å². The molecule has 1 aromatic rings. The molecule has 1 aliphatic heterocycles.